The van der Waals surface area contributed by atoms with Crippen molar-refractivity contribution in [1.29, 1.82) is 0 Å². The first-order chi connectivity index (χ1) is 17.9. The molecule has 2 fully saturated rings. The van der Waals surface area contributed by atoms with Crippen molar-refractivity contribution in [2.45, 2.75) is 44.2 Å². The second kappa shape index (κ2) is 13.9. The van der Waals surface area contributed by atoms with Crippen molar-refractivity contribution >= 4 is 11.9 Å². The molecule has 2 aromatic rings. The molecule has 0 radical (unpaired) electrons. The first-order valence-electron chi connectivity index (χ1n) is 12.6. The van der Waals surface area contributed by atoms with Crippen LogP contribution in [0.25, 0.3) is 0 Å². The molecule has 0 unspecified atom stereocenters. The van der Waals surface area contributed by atoms with Crippen molar-refractivity contribution < 1.29 is 34.0 Å². The van der Waals surface area contributed by atoms with Crippen LogP contribution in [-0.4, -0.2) is 85.5 Å². The van der Waals surface area contributed by atoms with Crippen molar-refractivity contribution in [3.05, 3.63) is 53.6 Å². The average Bonchev–Trinajstić information content (AvgIpc) is 2.94. The van der Waals surface area contributed by atoms with Gasteiger partial charge < -0.3 is 24.4 Å². The number of methoxy groups -OCH3 is 3. The summed E-state index contributed by atoms with van der Waals surface area (Å²) >= 11 is 0. The Morgan fingerprint density at radius 3 is 1.84 bits per heavy atom. The van der Waals surface area contributed by atoms with Gasteiger partial charge in [0.25, 0.3) is 0 Å². The van der Waals surface area contributed by atoms with Crippen molar-refractivity contribution in [3.8, 4) is 17.2 Å². The Labute approximate surface area is 218 Å². The molecule has 1 aliphatic carbocycles. The predicted molar refractivity (Wildman–Crippen MR) is 140 cm³/mol. The maximum absolute atomic E-state index is 9.10. The highest BCUT2D eigenvalue weighted by molar-refractivity contribution is 6.27. The highest BCUT2D eigenvalue weighted by Crippen LogP contribution is 2.36. The molecule has 2 N–H and O–H groups in total. The number of carboxylic acid groups (broad SMARTS) is 2. The second-order valence-corrected chi connectivity index (χ2v) is 9.36. The van der Waals surface area contributed by atoms with Crippen molar-refractivity contribution in [3.63, 3.8) is 0 Å². The highest BCUT2D eigenvalue weighted by atomic mass is 16.5. The topological polar surface area (TPSA) is 109 Å². The number of hydrogen-bond acceptors (Lipinski definition) is 7. The molecule has 1 saturated heterocycles. The summed E-state index contributed by atoms with van der Waals surface area (Å²) in [6.07, 6.45) is 5.28. The molecule has 0 amide bonds. The average molecular weight is 515 g/mol. The van der Waals surface area contributed by atoms with Gasteiger partial charge in [-0.15, -0.1) is 0 Å². The quantitative estimate of drug-likeness (QED) is 0.535. The lowest BCUT2D eigenvalue weighted by Crippen LogP contribution is -2.50. The Balaban J connectivity index is 0.000000568. The van der Waals surface area contributed by atoms with Crippen molar-refractivity contribution in [2.24, 2.45) is 0 Å². The van der Waals surface area contributed by atoms with Crippen LogP contribution in [0.1, 0.15) is 42.7 Å². The van der Waals surface area contributed by atoms with Crippen LogP contribution >= 0.6 is 0 Å². The lowest BCUT2D eigenvalue weighted by molar-refractivity contribution is -0.159. The molecule has 0 bridgehead atoms. The number of piperazine rings is 1. The van der Waals surface area contributed by atoms with Gasteiger partial charge in [-0.2, -0.15) is 0 Å². The third-order valence-electron chi connectivity index (χ3n) is 7.25. The van der Waals surface area contributed by atoms with Crippen molar-refractivity contribution in [2.75, 3.05) is 47.5 Å². The highest BCUT2D eigenvalue weighted by Gasteiger charge is 2.29. The van der Waals surface area contributed by atoms with Gasteiger partial charge in [0, 0.05) is 50.4 Å². The molecule has 4 rings (SSSR count). The van der Waals surface area contributed by atoms with Gasteiger partial charge in [0.15, 0.2) is 11.5 Å². The number of nitrogens with zero attached hydrogens (tertiary/aromatic N) is 2. The molecule has 202 valence electrons. The van der Waals surface area contributed by atoms with Gasteiger partial charge in [-0.25, -0.2) is 9.59 Å². The number of ether oxygens (including phenoxy) is 3. The van der Waals surface area contributed by atoms with Crippen LogP contribution < -0.4 is 14.2 Å². The molecule has 9 heteroatoms. The third-order valence-corrected chi connectivity index (χ3v) is 7.25. The number of benzene rings is 2. The van der Waals surface area contributed by atoms with E-state index < -0.39 is 11.9 Å². The van der Waals surface area contributed by atoms with Gasteiger partial charge in [-0.05, 0) is 43.2 Å². The van der Waals surface area contributed by atoms with Gasteiger partial charge in [-0.3, -0.25) is 9.80 Å². The summed E-state index contributed by atoms with van der Waals surface area (Å²) in [5, 5.41) is 14.8. The van der Waals surface area contributed by atoms with Crippen LogP contribution in [0, 0.1) is 0 Å². The second-order valence-electron chi connectivity index (χ2n) is 9.36. The van der Waals surface area contributed by atoms with Crippen LogP contribution in [0.2, 0.25) is 0 Å². The first kappa shape index (κ1) is 28.3. The summed E-state index contributed by atoms with van der Waals surface area (Å²) < 4.78 is 16.5. The van der Waals surface area contributed by atoms with Crippen LogP contribution in [-0.2, 0) is 16.1 Å². The Morgan fingerprint density at radius 1 is 0.784 bits per heavy atom. The minimum Gasteiger partial charge on any atom is -0.496 e. The summed E-state index contributed by atoms with van der Waals surface area (Å²) in [4.78, 5) is 23.4. The third kappa shape index (κ3) is 7.84. The molecule has 0 spiro atoms. The Hall–Kier alpha value is -3.30. The van der Waals surface area contributed by atoms with Gasteiger partial charge in [-0.1, -0.05) is 30.3 Å². The maximum atomic E-state index is 9.10. The maximum Gasteiger partial charge on any atom is 0.414 e. The summed E-state index contributed by atoms with van der Waals surface area (Å²) in [5.41, 5.74) is 2.67. The zero-order valence-corrected chi connectivity index (χ0v) is 21.9. The first-order valence-corrected chi connectivity index (χ1v) is 12.6. The minimum absolute atomic E-state index is 0.707. The lowest BCUT2D eigenvalue weighted by Gasteiger charge is -2.42. The van der Waals surface area contributed by atoms with Crippen LogP contribution in [0.4, 0.5) is 0 Å². The van der Waals surface area contributed by atoms with E-state index in [1.54, 1.807) is 21.3 Å². The van der Waals surface area contributed by atoms with E-state index in [2.05, 4.69) is 46.2 Å². The fourth-order valence-electron chi connectivity index (χ4n) is 5.24. The molecule has 1 saturated carbocycles. The molecular weight excluding hydrogens is 476 g/mol. The lowest BCUT2D eigenvalue weighted by atomic mass is 9.81. The summed E-state index contributed by atoms with van der Waals surface area (Å²) in [6, 6.07) is 15.8. The van der Waals surface area contributed by atoms with E-state index in [-0.39, 0.29) is 0 Å². The Kier molecular flexibility index (Phi) is 10.6. The normalized spacial score (nSPS) is 20.3. The van der Waals surface area contributed by atoms with Crippen LogP contribution in [0.15, 0.2) is 42.5 Å². The van der Waals surface area contributed by atoms with Crippen LogP contribution in [0.3, 0.4) is 0 Å². The SMILES string of the molecule is COc1cc(OC)c(OC)cc1CN1CCN(C2CCC(c3ccccc3)CC2)CC1.O=C(O)C(=O)O. The summed E-state index contributed by atoms with van der Waals surface area (Å²) in [5.74, 6) is -0.577. The minimum atomic E-state index is -1.82. The van der Waals surface area contributed by atoms with E-state index in [0.29, 0.717) is 5.75 Å². The number of carboxylic acids is 2. The van der Waals surface area contributed by atoms with Crippen LogP contribution in [0.5, 0.6) is 17.2 Å². The zero-order chi connectivity index (χ0) is 26.8. The molecule has 2 aromatic carbocycles. The zero-order valence-electron chi connectivity index (χ0n) is 21.9. The fourth-order valence-corrected chi connectivity index (χ4v) is 5.24. The smallest absolute Gasteiger partial charge is 0.414 e. The van der Waals surface area contributed by atoms with Crippen molar-refractivity contribution in [1.82, 2.24) is 9.80 Å². The number of aliphatic carboxylic acids is 2. The van der Waals surface area contributed by atoms with E-state index in [4.69, 9.17) is 34.0 Å². The number of carbonyl (C=O) groups is 2. The van der Waals surface area contributed by atoms with E-state index in [1.165, 1.54) is 31.2 Å². The number of rotatable bonds is 7. The van der Waals surface area contributed by atoms with E-state index >= 15 is 0 Å². The van der Waals surface area contributed by atoms with Gasteiger partial charge in [0.05, 0.1) is 21.3 Å². The van der Waals surface area contributed by atoms with Gasteiger partial charge in [0.1, 0.15) is 5.75 Å². The molecular formula is C28H38N2O7. The fraction of sp³-hybridized carbons (Fsp3) is 0.500. The largest absolute Gasteiger partial charge is 0.496 e. The summed E-state index contributed by atoms with van der Waals surface area (Å²) in [6.45, 7) is 5.36. The van der Waals surface area contributed by atoms with E-state index in [9.17, 15) is 0 Å². The van der Waals surface area contributed by atoms with E-state index in [1.807, 2.05) is 6.07 Å². The molecule has 9 nitrogen and oxygen atoms in total. The molecule has 37 heavy (non-hydrogen) atoms. The summed E-state index contributed by atoms with van der Waals surface area (Å²) in [7, 11) is 5.05. The monoisotopic (exact) mass is 514 g/mol. The molecule has 1 aliphatic heterocycles. The number of hydrogen-bond donors (Lipinski definition) is 2. The van der Waals surface area contributed by atoms with E-state index in [0.717, 1.165) is 61.7 Å². The Morgan fingerprint density at radius 2 is 1.32 bits per heavy atom. The molecule has 2 aliphatic rings. The molecule has 0 aromatic heterocycles. The molecule has 1 heterocycles. The standard InChI is InChI=1S/C26H36N2O3.C2H2O4/c1-29-24-18-26(31-3)25(30-2)17-22(24)19-27-13-15-28(16-14-27)23-11-9-21(10-12-23)20-7-5-4-6-8-20;3-1(4)2(5)6/h4-8,17-18,21,23H,9-16,19H2,1-3H3;(H,3,4)(H,5,6). The molecule has 0 atom stereocenters. The predicted octanol–water partition coefficient (Wildman–Crippen LogP) is 3.71. The van der Waals surface area contributed by atoms with Gasteiger partial charge in [0.2, 0.25) is 0 Å². The Bertz CT molecular complexity index is 1000. The van der Waals surface area contributed by atoms with Gasteiger partial charge >= 0.3 is 11.9 Å².